The molecule has 0 aliphatic heterocycles. The summed E-state index contributed by atoms with van der Waals surface area (Å²) in [5.41, 5.74) is 0.0260. The van der Waals surface area contributed by atoms with E-state index >= 15 is 0 Å². The smallest absolute Gasteiger partial charge is 0.289 e. The highest BCUT2D eigenvalue weighted by Crippen LogP contribution is 2.29. The van der Waals surface area contributed by atoms with Gasteiger partial charge in [-0.2, -0.15) is 0 Å². The van der Waals surface area contributed by atoms with Crippen molar-refractivity contribution in [2.45, 2.75) is 25.0 Å². The fourth-order valence-corrected chi connectivity index (χ4v) is 3.53. The van der Waals surface area contributed by atoms with E-state index in [9.17, 15) is 14.9 Å². The minimum atomic E-state index is -0.603. The van der Waals surface area contributed by atoms with Gasteiger partial charge < -0.3 is 9.73 Å². The summed E-state index contributed by atoms with van der Waals surface area (Å²) in [6.07, 6.45) is 1.56. The largest absolute Gasteiger partial charge is 0.461 e. The van der Waals surface area contributed by atoms with Gasteiger partial charge in [0, 0.05) is 17.8 Å². The fraction of sp³-hybridized carbons (Fsp3) is 0.235. The van der Waals surface area contributed by atoms with Crippen molar-refractivity contribution in [2.75, 3.05) is 11.1 Å². The van der Waals surface area contributed by atoms with Gasteiger partial charge in [-0.05, 0) is 38.1 Å². The molecular weight excluding hydrogens is 406 g/mol. The summed E-state index contributed by atoms with van der Waals surface area (Å²) in [7, 11) is 0. The third-order valence-electron chi connectivity index (χ3n) is 3.68. The summed E-state index contributed by atoms with van der Waals surface area (Å²) < 4.78 is 7.27. The number of rotatable bonds is 7. The number of carbonyl (C=O) groups is 1. The molecule has 2 heterocycles. The Morgan fingerprint density at radius 2 is 2.18 bits per heavy atom. The van der Waals surface area contributed by atoms with Crippen LogP contribution in [0.15, 0.2) is 46.2 Å². The number of nitrogens with one attached hydrogen (secondary N) is 1. The van der Waals surface area contributed by atoms with Crippen LogP contribution >= 0.6 is 23.4 Å². The minimum Gasteiger partial charge on any atom is -0.461 e. The molecule has 0 bridgehead atoms. The summed E-state index contributed by atoms with van der Waals surface area (Å²) >= 11 is 6.99. The van der Waals surface area contributed by atoms with Crippen molar-refractivity contribution in [3.63, 3.8) is 0 Å². The molecule has 1 N–H and O–H groups in total. The quantitative estimate of drug-likeness (QED) is 0.341. The van der Waals surface area contributed by atoms with Gasteiger partial charge in [-0.15, -0.1) is 10.2 Å². The topological polar surface area (TPSA) is 116 Å². The van der Waals surface area contributed by atoms with Gasteiger partial charge in [-0.25, -0.2) is 0 Å². The van der Waals surface area contributed by atoms with E-state index in [0.717, 1.165) is 0 Å². The zero-order valence-electron chi connectivity index (χ0n) is 15.0. The van der Waals surface area contributed by atoms with Gasteiger partial charge >= 0.3 is 0 Å². The molecule has 0 saturated carbocycles. The van der Waals surface area contributed by atoms with Crippen molar-refractivity contribution in [3.05, 3.63) is 51.7 Å². The number of furan rings is 1. The second kappa shape index (κ2) is 8.44. The zero-order chi connectivity index (χ0) is 20.3. The van der Waals surface area contributed by atoms with Gasteiger partial charge in [0.15, 0.2) is 10.9 Å². The highest BCUT2D eigenvalue weighted by molar-refractivity contribution is 7.99. The average Bonchev–Trinajstić information content (AvgIpc) is 3.30. The maximum Gasteiger partial charge on any atom is 0.289 e. The van der Waals surface area contributed by atoms with Crippen molar-refractivity contribution in [1.82, 2.24) is 14.8 Å². The van der Waals surface area contributed by atoms with E-state index in [0.29, 0.717) is 22.4 Å². The molecule has 0 fully saturated rings. The Labute approximate surface area is 169 Å². The highest BCUT2D eigenvalue weighted by atomic mass is 35.5. The third-order valence-corrected chi connectivity index (χ3v) is 4.94. The average molecular weight is 422 g/mol. The number of aromatic nitrogens is 3. The number of benzene rings is 1. The van der Waals surface area contributed by atoms with Gasteiger partial charge in [0.2, 0.25) is 11.7 Å². The van der Waals surface area contributed by atoms with Crippen molar-refractivity contribution >= 4 is 40.6 Å². The molecule has 9 nitrogen and oxygen atoms in total. The molecule has 3 rings (SSSR count). The predicted molar refractivity (Wildman–Crippen MR) is 106 cm³/mol. The van der Waals surface area contributed by atoms with Crippen molar-refractivity contribution < 1.29 is 14.1 Å². The van der Waals surface area contributed by atoms with Crippen LogP contribution in [0.4, 0.5) is 11.4 Å². The second-order valence-corrected chi connectivity index (χ2v) is 7.36. The Morgan fingerprint density at radius 3 is 2.82 bits per heavy atom. The van der Waals surface area contributed by atoms with Crippen molar-refractivity contribution in [3.8, 4) is 11.6 Å². The Bertz CT molecular complexity index is 1000. The molecule has 0 atom stereocenters. The van der Waals surface area contributed by atoms with E-state index in [-0.39, 0.29) is 28.4 Å². The lowest BCUT2D eigenvalue weighted by atomic mass is 10.3. The molecule has 0 aliphatic rings. The first kappa shape index (κ1) is 19.9. The standard InChI is InChI=1S/C17H16ClN5O4S/c1-10(2)22-16(14-4-3-7-27-14)20-21-17(22)28-9-15(24)19-11-5-6-12(18)13(8-11)23(25)26/h3-8,10H,9H2,1-2H3,(H,19,24). The van der Waals surface area contributed by atoms with Gasteiger partial charge in [0.05, 0.1) is 16.9 Å². The number of nitro benzene ring substituents is 1. The molecule has 146 valence electrons. The van der Waals surface area contributed by atoms with E-state index in [2.05, 4.69) is 15.5 Å². The lowest BCUT2D eigenvalue weighted by molar-refractivity contribution is -0.384. The second-order valence-electron chi connectivity index (χ2n) is 6.01. The number of carbonyl (C=O) groups excluding carboxylic acids is 1. The third kappa shape index (κ3) is 4.34. The van der Waals surface area contributed by atoms with Crippen LogP contribution in [0.2, 0.25) is 5.02 Å². The molecule has 0 aliphatic carbocycles. The van der Waals surface area contributed by atoms with Crippen LogP contribution < -0.4 is 5.32 Å². The molecule has 0 saturated heterocycles. The van der Waals surface area contributed by atoms with Crippen LogP contribution in [0.1, 0.15) is 19.9 Å². The molecule has 3 aromatic rings. The van der Waals surface area contributed by atoms with Gasteiger partial charge in [-0.1, -0.05) is 23.4 Å². The van der Waals surface area contributed by atoms with E-state index in [4.69, 9.17) is 16.0 Å². The lowest BCUT2D eigenvalue weighted by Gasteiger charge is -2.12. The zero-order valence-corrected chi connectivity index (χ0v) is 16.5. The van der Waals surface area contributed by atoms with E-state index in [1.165, 1.54) is 30.0 Å². The van der Waals surface area contributed by atoms with E-state index in [1.807, 2.05) is 18.4 Å². The molecule has 0 spiro atoms. The van der Waals surface area contributed by atoms with E-state index < -0.39 is 4.92 Å². The normalized spacial score (nSPS) is 11.0. The van der Waals surface area contributed by atoms with Crippen LogP contribution in [0, 0.1) is 10.1 Å². The number of hydrogen-bond donors (Lipinski definition) is 1. The SMILES string of the molecule is CC(C)n1c(SCC(=O)Nc2ccc(Cl)c([N+](=O)[O-])c2)nnc1-c1ccco1. The first-order chi connectivity index (χ1) is 13.4. The number of amides is 1. The van der Waals surface area contributed by atoms with Crippen LogP contribution in [-0.2, 0) is 4.79 Å². The molecule has 0 unspecified atom stereocenters. The number of nitrogens with zero attached hydrogens (tertiary/aromatic N) is 4. The van der Waals surface area contributed by atoms with Crippen LogP contribution in [0.5, 0.6) is 0 Å². The maximum absolute atomic E-state index is 12.3. The van der Waals surface area contributed by atoms with Gasteiger partial charge in [-0.3, -0.25) is 19.5 Å². The summed E-state index contributed by atoms with van der Waals surface area (Å²) in [5, 5.41) is 22.5. The first-order valence-corrected chi connectivity index (χ1v) is 9.58. The number of hydrogen-bond acceptors (Lipinski definition) is 7. The number of thioether (sulfide) groups is 1. The summed E-state index contributed by atoms with van der Waals surface area (Å²) in [4.78, 5) is 22.6. The number of nitro groups is 1. The maximum atomic E-state index is 12.3. The van der Waals surface area contributed by atoms with Crippen LogP contribution in [0.3, 0.4) is 0 Å². The van der Waals surface area contributed by atoms with Gasteiger partial charge in [0.1, 0.15) is 5.02 Å². The van der Waals surface area contributed by atoms with Crippen molar-refractivity contribution in [2.24, 2.45) is 0 Å². The van der Waals surface area contributed by atoms with Crippen molar-refractivity contribution in [1.29, 1.82) is 0 Å². The fourth-order valence-electron chi connectivity index (χ4n) is 2.47. The molecule has 2 aromatic heterocycles. The Hall–Kier alpha value is -2.85. The van der Waals surface area contributed by atoms with Gasteiger partial charge in [0.25, 0.3) is 5.69 Å². The predicted octanol–water partition coefficient (Wildman–Crippen LogP) is 4.41. The molecule has 0 radical (unpaired) electrons. The van der Waals surface area contributed by atoms with E-state index in [1.54, 1.807) is 18.4 Å². The van der Waals surface area contributed by atoms with Crippen LogP contribution in [-0.4, -0.2) is 31.3 Å². The molecule has 11 heteroatoms. The molecule has 1 aromatic carbocycles. The highest BCUT2D eigenvalue weighted by Gasteiger charge is 2.20. The monoisotopic (exact) mass is 421 g/mol. The lowest BCUT2D eigenvalue weighted by Crippen LogP contribution is -2.15. The van der Waals surface area contributed by atoms with Crippen LogP contribution in [0.25, 0.3) is 11.6 Å². The number of anilines is 1. The number of halogens is 1. The molecule has 1 amide bonds. The summed E-state index contributed by atoms with van der Waals surface area (Å²) in [6, 6.07) is 7.70. The minimum absolute atomic E-state index is 0.00728. The summed E-state index contributed by atoms with van der Waals surface area (Å²) in [5.74, 6) is 0.890. The Kier molecular flexibility index (Phi) is 6.00. The Balaban J connectivity index is 1.70. The molecular formula is C17H16ClN5O4S. The summed E-state index contributed by atoms with van der Waals surface area (Å²) in [6.45, 7) is 3.96. The Morgan fingerprint density at radius 1 is 1.39 bits per heavy atom. The first-order valence-electron chi connectivity index (χ1n) is 8.22. The molecule has 28 heavy (non-hydrogen) atoms.